The van der Waals surface area contributed by atoms with Crippen LogP contribution in [-0.2, 0) is 4.74 Å². The van der Waals surface area contributed by atoms with Gasteiger partial charge in [0, 0.05) is 12.0 Å². The molecule has 1 N–H and O–H groups in total. The third kappa shape index (κ3) is 1.73. The van der Waals surface area contributed by atoms with Crippen LogP contribution in [0.3, 0.4) is 0 Å². The molecule has 1 unspecified atom stereocenters. The molecule has 1 heterocycles. The Morgan fingerprint density at radius 3 is 2.75 bits per heavy atom. The molecule has 2 rings (SSSR count). The predicted octanol–water partition coefficient (Wildman–Crippen LogP) is 2.55. The highest BCUT2D eigenvalue weighted by molar-refractivity contribution is 5.78. The fraction of sp³-hybridized carbons (Fsp3) is 0.364. The molecule has 16 heavy (non-hydrogen) atoms. The van der Waals surface area contributed by atoms with Crippen molar-refractivity contribution in [2.45, 2.75) is 18.9 Å². The van der Waals surface area contributed by atoms with Crippen molar-refractivity contribution >= 4 is 5.90 Å². The van der Waals surface area contributed by atoms with E-state index in [4.69, 9.17) is 9.84 Å². The van der Waals surface area contributed by atoms with E-state index < -0.39 is 23.4 Å². The molecule has 1 aliphatic heterocycles. The maximum absolute atomic E-state index is 13.5. The fourth-order valence-corrected chi connectivity index (χ4v) is 1.75. The molecule has 1 aromatic carbocycles. The van der Waals surface area contributed by atoms with Gasteiger partial charge < -0.3 is 9.84 Å². The molecule has 0 fully saturated rings. The third-order valence-corrected chi connectivity index (χ3v) is 2.62. The van der Waals surface area contributed by atoms with E-state index in [1.165, 1.54) is 13.2 Å². The number of halogens is 2. The van der Waals surface area contributed by atoms with Crippen molar-refractivity contribution in [2.24, 2.45) is 4.99 Å². The highest BCUT2D eigenvalue weighted by atomic mass is 19.2. The number of aromatic hydroxyl groups is 1. The summed E-state index contributed by atoms with van der Waals surface area (Å²) in [5, 5.41) is 8.99. The number of nitrogens with zero attached hydrogens (tertiary/aromatic N) is 1. The van der Waals surface area contributed by atoms with Gasteiger partial charge >= 0.3 is 0 Å². The Hall–Kier alpha value is -1.65. The Morgan fingerprint density at radius 1 is 1.38 bits per heavy atom. The smallest absolute Gasteiger partial charge is 0.200 e. The van der Waals surface area contributed by atoms with Crippen molar-refractivity contribution in [3.05, 3.63) is 29.3 Å². The Balaban J connectivity index is 2.36. The minimum absolute atomic E-state index is 0.155. The summed E-state index contributed by atoms with van der Waals surface area (Å²) in [6.45, 7) is 0. The second kappa shape index (κ2) is 4.08. The van der Waals surface area contributed by atoms with Crippen LogP contribution in [0.4, 0.5) is 8.78 Å². The first-order chi connectivity index (χ1) is 7.63. The first-order valence-corrected chi connectivity index (χ1v) is 4.91. The van der Waals surface area contributed by atoms with E-state index >= 15 is 0 Å². The van der Waals surface area contributed by atoms with Gasteiger partial charge in [-0.2, -0.15) is 4.39 Å². The monoisotopic (exact) mass is 227 g/mol. The lowest BCUT2D eigenvalue weighted by molar-refractivity contribution is 0.395. The molecule has 0 bridgehead atoms. The molecule has 0 radical (unpaired) electrons. The third-order valence-electron chi connectivity index (χ3n) is 2.62. The lowest BCUT2D eigenvalue weighted by Gasteiger charge is -2.09. The molecule has 0 saturated heterocycles. The highest BCUT2D eigenvalue weighted by Gasteiger charge is 2.25. The molecule has 0 saturated carbocycles. The van der Waals surface area contributed by atoms with Crippen molar-refractivity contribution in [1.29, 1.82) is 0 Å². The summed E-state index contributed by atoms with van der Waals surface area (Å²) in [5.74, 6) is -2.40. The van der Waals surface area contributed by atoms with E-state index in [2.05, 4.69) is 4.99 Å². The first-order valence-electron chi connectivity index (χ1n) is 4.91. The van der Waals surface area contributed by atoms with E-state index in [0.717, 1.165) is 6.07 Å². The number of hydrogen-bond donors (Lipinski definition) is 1. The summed E-state index contributed by atoms with van der Waals surface area (Å²) in [6, 6.07) is 2.05. The minimum Gasteiger partial charge on any atom is -0.505 e. The number of methoxy groups -OCH3 is 1. The van der Waals surface area contributed by atoms with E-state index in [-0.39, 0.29) is 5.56 Å². The van der Waals surface area contributed by atoms with Crippen LogP contribution in [-0.4, -0.2) is 18.1 Å². The molecule has 1 atom stereocenters. The molecule has 0 aliphatic carbocycles. The van der Waals surface area contributed by atoms with E-state index in [9.17, 15) is 8.78 Å². The van der Waals surface area contributed by atoms with Gasteiger partial charge in [0.1, 0.15) is 0 Å². The van der Waals surface area contributed by atoms with Gasteiger partial charge in [0.05, 0.1) is 13.2 Å². The minimum atomic E-state index is -1.22. The Labute approximate surface area is 91.4 Å². The Kier molecular flexibility index (Phi) is 2.77. The number of rotatable bonds is 1. The molecule has 1 aromatic rings. The number of phenolic OH excluding ortho intramolecular Hbond substituents is 1. The normalized spacial score (nSPS) is 19.7. The fourth-order valence-electron chi connectivity index (χ4n) is 1.75. The summed E-state index contributed by atoms with van der Waals surface area (Å²) in [6.07, 6.45) is 1.20. The average molecular weight is 227 g/mol. The SMILES string of the molecule is COC1=NC(c2ccc(O)c(F)c2F)CC1. The van der Waals surface area contributed by atoms with E-state index in [1.807, 2.05) is 0 Å². The van der Waals surface area contributed by atoms with Gasteiger partial charge in [-0.3, -0.25) is 0 Å². The van der Waals surface area contributed by atoms with E-state index in [1.54, 1.807) is 0 Å². The van der Waals surface area contributed by atoms with Gasteiger partial charge in [-0.1, -0.05) is 6.07 Å². The van der Waals surface area contributed by atoms with Crippen LogP contribution in [0.1, 0.15) is 24.4 Å². The topological polar surface area (TPSA) is 41.8 Å². The number of aliphatic imine (C=N–C) groups is 1. The quantitative estimate of drug-likeness (QED) is 0.801. The van der Waals surface area contributed by atoms with Gasteiger partial charge in [0.2, 0.25) is 5.82 Å². The zero-order valence-electron chi connectivity index (χ0n) is 8.70. The lowest BCUT2D eigenvalue weighted by atomic mass is 10.0. The zero-order chi connectivity index (χ0) is 11.7. The summed E-state index contributed by atoms with van der Waals surface area (Å²) in [4.78, 5) is 4.11. The standard InChI is InChI=1S/C11H11F2NO2/c1-16-9-5-3-7(14-9)6-2-4-8(15)11(13)10(6)12/h2,4,7,15H,3,5H2,1H3. The molecule has 0 spiro atoms. The lowest BCUT2D eigenvalue weighted by Crippen LogP contribution is -1.98. The van der Waals surface area contributed by atoms with Crippen molar-refractivity contribution in [3.63, 3.8) is 0 Å². The molecular weight excluding hydrogens is 216 g/mol. The van der Waals surface area contributed by atoms with Crippen LogP contribution < -0.4 is 0 Å². The number of ether oxygens (including phenoxy) is 1. The zero-order valence-corrected chi connectivity index (χ0v) is 8.70. The summed E-state index contributed by atoms with van der Waals surface area (Å²) >= 11 is 0. The molecule has 3 nitrogen and oxygen atoms in total. The maximum Gasteiger partial charge on any atom is 0.200 e. The first kappa shape index (κ1) is 10.9. The van der Waals surface area contributed by atoms with Crippen molar-refractivity contribution in [2.75, 3.05) is 7.11 Å². The van der Waals surface area contributed by atoms with Crippen molar-refractivity contribution in [1.82, 2.24) is 0 Å². The number of hydrogen-bond acceptors (Lipinski definition) is 3. The van der Waals surface area contributed by atoms with Gasteiger partial charge in [0.15, 0.2) is 17.5 Å². The Morgan fingerprint density at radius 2 is 2.12 bits per heavy atom. The van der Waals surface area contributed by atoms with Crippen LogP contribution in [0.5, 0.6) is 5.75 Å². The van der Waals surface area contributed by atoms with Crippen LogP contribution in [0, 0.1) is 11.6 Å². The number of phenols is 1. The van der Waals surface area contributed by atoms with E-state index in [0.29, 0.717) is 18.7 Å². The van der Waals surface area contributed by atoms with Crippen LogP contribution >= 0.6 is 0 Å². The maximum atomic E-state index is 13.5. The second-order valence-electron chi connectivity index (χ2n) is 3.58. The largest absolute Gasteiger partial charge is 0.505 e. The van der Waals surface area contributed by atoms with Gasteiger partial charge in [-0.15, -0.1) is 0 Å². The van der Waals surface area contributed by atoms with Crippen LogP contribution in [0.25, 0.3) is 0 Å². The highest BCUT2D eigenvalue weighted by Crippen LogP contribution is 2.33. The van der Waals surface area contributed by atoms with Gasteiger partial charge in [-0.05, 0) is 12.5 Å². The van der Waals surface area contributed by atoms with Crippen molar-refractivity contribution < 1.29 is 18.6 Å². The molecule has 5 heteroatoms. The van der Waals surface area contributed by atoms with Crippen molar-refractivity contribution in [3.8, 4) is 5.75 Å². The summed E-state index contributed by atoms with van der Waals surface area (Å²) < 4.78 is 31.6. The molecular formula is C11H11F2NO2. The summed E-state index contributed by atoms with van der Waals surface area (Å²) in [5.41, 5.74) is 0.155. The van der Waals surface area contributed by atoms with Gasteiger partial charge in [0.25, 0.3) is 0 Å². The average Bonchev–Trinajstić information content (AvgIpc) is 2.74. The summed E-state index contributed by atoms with van der Waals surface area (Å²) in [7, 11) is 1.50. The molecule has 1 aliphatic rings. The van der Waals surface area contributed by atoms with Crippen LogP contribution in [0.2, 0.25) is 0 Å². The van der Waals surface area contributed by atoms with Crippen LogP contribution in [0.15, 0.2) is 17.1 Å². The van der Waals surface area contributed by atoms with Gasteiger partial charge in [-0.25, -0.2) is 9.38 Å². The number of benzene rings is 1. The Bertz CT molecular complexity index is 446. The predicted molar refractivity (Wildman–Crippen MR) is 54.4 cm³/mol. The molecule has 86 valence electrons. The molecule has 0 aromatic heterocycles. The second-order valence-corrected chi connectivity index (χ2v) is 3.58. The molecule has 0 amide bonds.